The summed E-state index contributed by atoms with van der Waals surface area (Å²) in [5, 5.41) is 9.75. The van der Waals surface area contributed by atoms with Gasteiger partial charge in [-0.3, -0.25) is 15.0 Å². The molecule has 0 aliphatic carbocycles. The first-order valence-corrected chi connectivity index (χ1v) is 28.9. The minimum Gasteiger partial charge on any atom is -0.264 e. The van der Waals surface area contributed by atoms with Crippen molar-refractivity contribution in [3.8, 4) is 56.2 Å². The average molecular weight is 1120 g/mol. The van der Waals surface area contributed by atoms with E-state index in [0.29, 0.717) is 5.56 Å². The van der Waals surface area contributed by atoms with Gasteiger partial charge in [-0.05, 0) is 184 Å². The van der Waals surface area contributed by atoms with Crippen molar-refractivity contribution in [2.75, 3.05) is 0 Å². The number of nitrogens with zero attached hydrogens (tertiary/aromatic N) is 7. The molecule has 7 nitrogen and oxygen atoms in total. The molecule has 0 saturated heterocycles. The lowest BCUT2D eigenvalue weighted by atomic mass is 9.93. The molecule has 13 aromatic rings. The van der Waals surface area contributed by atoms with Crippen LogP contribution in [0.25, 0.3) is 99.2 Å². The molecule has 0 unspecified atom stereocenters. The Balaban J connectivity index is 0.000000133. The number of pyridine rings is 7. The molecule has 0 fully saturated rings. The van der Waals surface area contributed by atoms with Crippen molar-refractivity contribution >= 4 is 43.1 Å². The number of rotatable bonds is 6. The Morgan fingerprint density at radius 1 is 0.365 bits per heavy atom. The SMILES string of the molecule is Cc1ccc2c(-c3cc(-c4cccnc4)ccc3C)[n+](C)ccc2c1.Cc1ccc2c(-c3ccncc3C)[n+](C)ccc2c1.Cc1ccc2c(-c3cnccc3C)[n+](C)ccc2c1.[2H]C([2H])([2H])c1cc(-c2c3ccc(C)cc3cc[n+]2C)c(C)c(C([2H])([2H])C)c1. The van der Waals surface area contributed by atoms with Gasteiger partial charge >= 0.3 is 0 Å². The molecule has 0 radical (unpaired) electrons. The second kappa shape index (κ2) is 25.5. The summed E-state index contributed by atoms with van der Waals surface area (Å²) in [4.78, 5) is 12.7. The second-order valence-corrected chi connectivity index (χ2v) is 22.6. The first-order chi connectivity index (χ1) is 42.9. The van der Waals surface area contributed by atoms with Crippen LogP contribution in [-0.4, -0.2) is 15.0 Å². The molecule has 85 heavy (non-hydrogen) atoms. The monoisotopic (exact) mass is 1120 g/mol. The van der Waals surface area contributed by atoms with Gasteiger partial charge in [0.1, 0.15) is 28.2 Å². The third kappa shape index (κ3) is 12.7. The van der Waals surface area contributed by atoms with Crippen LogP contribution in [0.2, 0.25) is 0 Å². The summed E-state index contributed by atoms with van der Waals surface area (Å²) in [5.74, 6) is 0. The molecule has 0 amide bonds. The smallest absolute Gasteiger partial charge is 0.221 e. The quantitative estimate of drug-likeness (QED) is 0.156. The highest BCUT2D eigenvalue weighted by molar-refractivity contribution is 5.97. The zero-order valence-corrected chi connectivity index (χ0v) is 51.3. The predicted molar refractivity (Wildman–Crippen MR) is 353 cm³/mol. The molecule has 0 atom stereocenters. The second-order valence-electron chi connectivity index (χ2n) is 22.6. The molecule has 13 rings (SSSR count). The van der Waals surface area contributed by atoms with Crippen molar-refractivity contribution in [3.05, 3.63) is 269 Å². The van der Waals surface area contributed by atoms with Crippen LogP contribution in [0.5, 0.6) is 0 Å². The molecule has 422 valence electrons. The lowest BCUT2D eigenvalue weighted by molar-refractivity contribution is -0.659. The van der Waals surface area contributed by atoms with Gasteiger partial charge in [-0.1, -0.05) is 102 Å². The van der Waals surface area contributed by atoms with Gasteiger partial charge in [-0.25, -0.2) is 18.3 Å². The van der Waals surface area contributed by atoms with E-state index in [4.69, 9.17) is 6.85 Å². The van der Waals surface area contributed by atoms with Gasteiger partial charge in [0.2, 0.25) is 22.8 Å². The molecule has 6 aromatic carbocycles. The highest BCUT2D eigenvalue weighted by atomic mass is 14.9. The van der Waals surface area contributed by atoms with Crippen LogP contribution in [-0.2, 0) is 34.6 Å². The highest BCUT2D eigenvalue weighted by Crippen LogP contribution is 2.35. The van der Waals surface area contributed by atoms with E-state index in [1.54, 1.807) is 6.07 Å². The Morgan fingerprint density at radius 2 is 0.812 bits per heavy atom. The standard InChI is InChI=1S/C23H21N2.C21H24N.2C17H17N2/c1-16-6-9-21-19(13-16)10-12-25(3)23(21)22-14-18(8-7-17(22)2)20-5-4-11-24-15-20;1-6-17-12-15(3)13-20(16(17)4)21-19-8-7-14(2)11-18(19)9-10-22(21)5;1-12-4-5-16-14(10-12)7-9-19(3)17(16)15-6-8-18-11-13(15)2;1-12-4-5-15-14(10-12)7-9-19(3)17(15)16-11-18-8-6-13(16)2/h4-15H,1-3H3;7-13H,6H2,1-5H3;2*4-11H,1-3H3/q4*+1/i;3D3,6D2;;. The van der Waals surface area contributed by atoms with E-state index in [2.05, 4.69) is 225 Å². The maximum Gasteiger partial charge on any atom is 0.221 e. The summed E-state index contributed by atoms with van der Waals surface area (Å²) in [6.45, 7) is 15.9. The summed E-state index contributed by atoms with van der Waals surface area (Å²) in [6, 6.07) is 52.7. The average Bonchev–Trinajstić information content (AvgIpc) is 0.793. The van der Waals surface area contributed by atoms with Gasteiger partial charge in [0, 0.05) is 73.9 Å². The summed E-state index contributed by atoms with van der Waals surface area (Å²) < 4.78 is 48.5. The number of aryl methyl sites for hydroxylation is 13. The van der Waals surface area contributed by atoms with Gasteiger partial charge in [-0.2, -0.15) is 0 Å². The van der Waals surface area contributed by atoms with Crippen LogP contribution >= 0.6 is 0 Å². The zero-order valence-electron chi connectivity index (χ0n) is 56.3. The highest BCUT2D eigenvalue weighted by Gasteiger charge is 2.22. The first kappa shape index (κ1) is 52.2. The summed E-state index contributed by atoms with van der Waals surface area (Å²) in [5.41, 5.74) is 21.5. The zero-order chi connectivity index (χ0) is 64.3. The van der Waals surface area contributed by atoms with Crippen molar-refractivity contribution in [3.63, 3.8) is 0 Å². The van der Waals surface area contributed by atoms with Crippen LogP contribution in [0.3, 0.4) is 0 Å². The maximum absolute atomic E-state index is 8.19. The fourth-order valence-corrected chi connectivity index (χ4v) is 11.6. The predicted octanol–water partition coefficient (Wildman–Crippen LogP) is 16.5. The molecule has 7 heteroatoms. The van der Waals surface area contributed by atoms with Gasteiger partial charge in [0.25, 0.3) is 0 Å². The Kier molecular flexibility index (Phi) is 15.7. The van der Waals surface area contributed by atoms with Gasteiger partial charge < -0.3 is 0 Å². The van der Waals surface area contributed by atoms with Crippen LogP contribution < -0.4 is 18.3 Å². The van der Waals surface area contributed by atoms with Crippen LogP contribution in [0.4, 0.5) is 0 Å². The lowest BCUT2D eigenvalue weighted by Gasteiger charge is -2.12. The molecule has 0 N–H and O–H groups in total. The van der Waals surface area contributed by atoms with Crippen molar-refractivity contribution in [2.24, 2.45) is 28.2 Å². The lowest BCUT2D eigenvalue weighted by Crippen LogP contribution is -2.30. The Bertz CT molecular complexity index is 4710. The molecule has 0 saturated carbocycles. The van der Waals surface area contributed by atoms with E-state index < -0.39 is 13.2 Å². The normalized spacial score (nSPS) is 12.2. The number of aromatic nitrogens is 7. The third-order valence-corrected chi connectivity index (χ3v) is 16.2. The first-order valence-electron chi connectivity index (χ1n) is 31.4. The Hall–Kier alpha value is -9.59. The summed E-state index contributed by atoms with van der Waals surface area (Å²) in [6.07, 6.45) is 18.0. The van der Waals surface area contributed by atoms with E-state index in [1.807, 2.05) is 93.1 Å². The number of hydrogen-bond acceptors (Lipinski definition) is 3. The third-order valence-electron chi connectivity index (χ3n) is 16.2. The number of hydrogen-bond donors (Lipinski definition) is 0. The molecular weight excluding hydrogens is 1030 g/mol. The van der Waals surface area contributed by atoms with E-state index in [1.165, 1.54) is 118 Å². The molecule has 0 aliphatic heterocycles. The van der Waals surface area contributed by atoms with Gasteiger partial charge in [0.05, 0.1) is 43.8 Å². The molecule has 0 bridgehead atoms. The van der Waals surface area contributed by atoms with Gasteiger partial charge in [0.15, 0.2) is 24.8 Å². The number of benzene rings is 6. The molecule has 0 aliphatic rings. The van der Waals surface area contributed by atoms with E-state index in [9.17, 15) is 0 Å². The molecule has 0 spiro atoms. The minimum absolute atomic E-state index is 0.160. The van der Waals surface area contributed by atoms with Crippen molar-refractivity contribution < 1.29 is 25.1 Å². The van der Waals surface area contributed by atoms with Crippen molar-refractivity contribution in [2.45, 2.75) is 75.5 Å². The fourth-order valence-electron chi connectivity index (χ4n) is 11.6. The van der Waals surface area contributed by atoms with Gasteiger partial charge in [-0.15, -0.1) is 0 Å². The molecule has 7 aromatic heterocycles. The van der Waals surface area contributed by atoms with E-state index >= 15 is 0 Å². The fraction of sp³-hybridized carbons (Fsp3) is 0.192. The van der Waals surface area contributed by atoms with Crippen molar-refractivity contribution in [1.29, 1.82) is 0 Å². The van der Waals surface area contributed by atoms with E-state index in [0.717, 1.165) is 38.7 Å². The van der Waals surface area contributed by atoms with Crippen molar-refractivity contribution in [1.82, 2.24) is 15.0 Å². The number of fused-ring (bicyclic) bond motifs is 4. The van der Waals surface area contributed by atoms with Crippen LogP contribution in [0.15, 0.2) is 214 Å². The summed E-state index contributed by atoms with van der Waals surface area (Å²) in [7, 11) is 8.22. The summed E-state index contributed by atoms with van der Waals surface area (Å²) >= 11 is 0. The molecule has 7 heterocycles. The Morgan fingerprint density at radius 3 is 1.27 bits per heavy atom. The largest absolute Gasteiger partial charge is 0.264 e. The minimum atomic E-state index is -2.30. The molecular formula is C78H79N7+4. The van der Waals surface area contributed by atoms with E-state index in [-0.39, 0.29) is 5.56 Å². The topological polar surface area (TPSA) is 54.2 Å². The Labute approximate surface area is 510 Å². The van der Waals surface area contributed by atoms with Crippen LogP contribution in [0, 0.1) is 62.2 Å². The maximum atomic E-state index is 8.19. The van der Waals surface area contributed by atoms with Crippen LogP contribution in [0.1, 0.15) is 69.4 Å².